The lowest BCUT2D eigenvalue weighted by Crippen LogP contribution is -2.32. The molecule has 0 aromatic heterocycles. The summed E-state index contributed by atoms with van der Waals surface area (Å²) in [7, 11) is 1.95. The van der Waals surface area contributed by atoms with Crippen molar-refractivity contribution in [1.29, 1.82) is 0 Å². The van der Waals surface area contributed by atoms with E-state index in [4.69, 9.17) is 0 Å². The summed E-state index contributed by atoms with van der Waals surface area (Å²) in [6, 6.07) is 7.52. The summed E-state index contributed by atoms with van der Waals surface area (Å²) in [5, 5.41) is 11.4. The number of nitrogens with zero attached hydrogens (tertiary/aromatic N) is 1. The van der Waals surface area contributed by atoms with Gasteiger partial charge in [-0.1, -0.05) is 30.4 Å². The summed E-state index contributed by atoms with van der Waals surface area (Å²) < 4.78 is 0. The van der Waals surface area contributed by atoms with Gasteiger partial charge in [0, 0.05) is 29.6 Å². The van der Waals surface area contributed by atoms with E-state index in [2.05, 4.69) is 0 Å². The Kier molecular flexibility index (Phi) is 2.33. The van der Waals surface area contributed by atoms with Gasteiger partial charge in [0.05, 0.1) is 5.97 Å². The monoisotopic (exact) mass is 238 g/mol. The Labute approximate surface area is 105 Å². The zero-order chi connectivity index (χ0) is 12.7. The Morgan fingerprint density at radius 1 is 1.33 bits per heavy atom. The van der Waals surface area contributed by atoms with Crippen molar-refractivity contribution in [1.82, 2.24) is 0 Å². The molecule has 0 atom stereocenters. The van der Waals surface area contributed by atoms with Gasteiger partial charge >= 0.3 is 0 Å². The van der Waals surface area contributed by atoms with Gasteiger partial charge in [-0.05, 0) is 24.1 Å². The summed E-state index contributed by atoms with van der Waals surface area (Å²) in [5.74, 6) is -1.10. The smallest absolute Gasteiger partial charge is 0.0725 e. The molecule has 0 fully saturated rings. The van der Waals surface area contributed by atoms with Crippen LogP contribution in [0.15, 0.2) is 53.8 Å². The lowest BCUT2D eigenvalue weighted by molar-refractivity contribution is -0.295. The molecule has 90 valence electrons. The van der Waals surface area contributed by atoms with Crippen LogP contribution in [0.25, 0.3) is 5.57 Å². The molecule has 0 radical (unpaired) electrons. The van der Waals surface area contributed by atoms with Crippen molar-refractivity contribution in [3.63, 3.8) is 0 Å². The molecular weight excluding hydrogens is 226 g/mol. The van der Waals surface area contributed by atoms with Gasteiger partial charge in [0.1, 0.15) is 0 Å². The van der Waals surface area contributed by atoms with Gasteiger partial charge in [-0.2, -0.15) is 0 Å². The number of carboxylic acid groups (broad SMARTS) is 1. The van der Waals surface area contributed by atoms with Crippen LogP contribution in [0.4, 0.5) is 5.69 Å². The first kappa shape index (κ1) is 10.8. The van der Waals surface area contributed by atoms with E-state index in [1.165, 1.54) is 0 Å². The standard InChI is InChI=1S/C15H13NO2/c1-16-12-8-4-2-6-10(12)14(15(17)18)11-7-3-5-9-13(11)16/h2-6,8-9H,7H2,1H3,(H,17,18)/p-1. The largest absolute Gasteiger partial charge is 0.545 e. The van der Waals surface area contributed by atoms with Crippen LogP contribution in [-0.4, -0.2) is 13.0 Å². The maximum absolute atomic E-state index is 11.4. The minimum absolute atomic E-state index is 0.319. The molecule has 1 aliphatic heterocycles. The molecule has 3 nitrogen and oxygen atoms in total. The van der Waals surface area contributed by atoms with E-state index < -0.39 is 5.97 Å². The number of hydrogen-bond donors (Lipinski definition) is 0. The van der Waals surface area contributed by atoms with Crippen molar-refractivity contribution >= 4 is 17.2 Å². The number of likely N-dealkylation sites (N-methyl/N-ethyl adjacent to an activating group) is 1. The third-order valence-electron chi connectivity index (χ3n) is 3.42. The second-order valence-electron chi connectivity index (χ2n) is 4.40. The molecule has 0 saturated carbocycles. The number of anilines is 1. The highest BCUT2D eigenvalue weighted by Crippen LogP contribution is 2.41. The molecule has 0 bridgehead atoms. The number of carbonyl (C=O) groups excluding carboxylic acids is 1. The molecule has 1 aromatic carbocycles. The normalized spacial score (nSPS) is 17.2. The Balaban J connectivity index is 2.34. The number of hydrogen-bond acceptors (Lipinski definition) is 3. The molecule has 1 aliphatic carbocycles. The summed E-state index contributed by atoms with van der Waals surface area (Å²) in [4.78, 5) is 13.5. The molecule has 1 aromatic rings. The highest BCUT2D eigenvalue weighted by atomic mass is 16.4. The lowest BCUT2D eigenvalue weighted by atomic mass is 9.87. The van der Waals surface area contributed by atoms with Crippen molar-refractivity contribution < 1.29 is 9.90 Å². The van der Waals surface area contributed by atoms with Gasteiger partial charge in [-0.25, -0.2) is 0 Å². The summed E-state index contributed by atoms with van der Waals surface area (Å²) in [6.45, 7) is 0. The van der Waals surface area contributed by atoms with Crippen molar-refractivity contribution in [3.8, 4) is 0 Å². The molecule has 18 heavy (non-hydrogen) atoms. The molecule has 0 N–H and O–H groups in total. The summed E-state index contributed by atoms with van der Waals surface area (Å²) in [6.07, 6.45) is 6.49. The fourth-order valence-electron chi connectivity index (χ4n) is 2.60. The van der Waals surface area contributed by atoms with Gasteiger partial charge in [0.15, 0.2) is 0 Å². The van der Waals surface area contributed by atoms with Gasteiger partial charge in [-0.3, -0.25) is 0 Å². The summed E-state index contributed by atoms with van der Waals surface area (Å²) in [5.41, 5.74) is 3.73. The molecule has 0 saturated heterocycles. The van der Waals surface area contributed by atoms with Crippen LogP contribution in [0.2, 0.25) is 0 Å². The quantitative estimate of drug-likeness (QED) is 0.744. The molecule has 0 unspecified atom stereocenters. The van der Waals surface area contributed by atoms with Crippen molar-refractivity contribution in [2.24, 2.45) is 0 Å². The zero-order valence-corrected chi connectivity index (χ0v) is 10.0. The second kappa shape index (κ2) is 3.88. The maximum atomic E-state index is 11.4. The van der Waals surface area contributed by atoms with Gasteiger partial charge in [0.2, 0.25) is 0 Å². The van der Waals surface area contributed by atoms with Crippen LogP contribution >= 0.6 is 0 Å². The molecule has 3 rings (SSSR count). The lowest BCUT2D eigenvalue weighted by Gasteiger charge is -2.35. The van der Waals surface area contributed by atoms with Crippen LogP contribution in [0.3, 0.4) is 0 Å². The van der Waals surface area contributed by atoms with Crippen molar-refractivity contribution in [2.45, 2.75) is 6.42 Å². The van der Waals surface area contributed by atoms with Gasteiger partial charge < -0.3 is 14.8 Å². The zero-order valence-electron chi connectivity index (χ0n) is 10.0. The Morgan fingerprint density at radius 3 is 2.89 bits per heavy atom. The average Bonchev–Trinajstić information content (AvgIpc) is 2.39. The third kappa shape index (κ3) is 1.40. The number of para-hydroxylation sites is 1. The number of benzene rings is 1. The highest BCUT2D eigenvalue weighted by molar-refractivity contribution is 6.19. The van der Waals surface area contributed by atoms with E-state index >= 15 is 0 Å². The first-order chi connectivity index (χ1) is 8.70. The van der Waals surface area contributed by atoms with Crippen LogP contribution < -0.4 is 10.0 Å². The van der Waals surface area contributed by atoms with Crippen LogP contribution in [0.5, 0.6) is 0 Å². The minimum Gasteiger partial charge on any atom is -0.545 e. The number of allylic oxidation sites excluding steroid dienone is 4. The van der Waals surface area contributed by atoms with Crippen LogP contribution in [-0.2, 0) is 4.79 Å². The molecule has 3 heteroatoms. The molecular formula is C15H12NO2-. The third-order valence-corrected chi connectivity index (χ3v) is 3.42. The van der Waals surface area contributed by atoms with E-state index in [1.54, 1.807) is 0 Å². The van der Waals surface area contributed by atoms with Crippen LogP contribution in [0, 0.1) is 0 Å². The number of carboxylic acids is 1. The molecule has 2 aliphatic rings. The van der Waals surface area contributed by atoms with Gasteiger partial charge in [-0.15, -0.1) is 0 Å². The van der Waals surface area contributed by atoms with E-state index in [-0.39, 0.29) is 0 Å². The fraction of sp³-hybridized carbons (Fsp3) is 0.133. The Hall–Kier alpha value is -2.29. The fourth-order valence-corrected chi connectivity index (χ4v) is 2.60. The van der Waals surface area contributed by atoms with Crippen LogP contribution in [0.1, 0.15) is 12.0 Å². The maximum Gasteiger partial charge on any atom is 0.0725 e. The topological polar surface area (TPSA) is 43.4 Å². The summed E-state index contributed by atoms with van der Waals surface area (Å²) >= 11 is 0. The van der Waals surface area contributed by atoms with Crippen molar-refractivity contribution in [2.75, 3.05) is 11.9 Å². The van der Waals surface area contributed by atoms with E-state index in [1.807, 2.05) is 54.4 Å². The van der Waals surface area contributed by atoms with E-state index in [9.17, 15) is 9.90 Å². The van der Waals surface area contributed by atoms with Gasteiger partial charge in [0.25, 0.3) is 0 Å². The minimum atomic E-state index is -1.10. The SMILES string of the molecule is CN1C2=CC=CCC2=C(C(=O)[O-])c2ccccc21. The highest BCUT2D eigenvalue weighted by Gasteiger charge is 2.26. The number of aliphatic carboxylic acids is 1. The number of fused-ring (bicyclic) bond motifs is 2. The Bertz CT molecular complexity index is 623. The number of rotatable bonds is 1. The first-order valence-corrected chi connectivity index (χ1v) is 5.85. The second-order valence-corrected chi connectivity index (χ2v) is 4.40. The van der Waals surface area contributed by atoms with E-state index in [0.29, 0.717) is 12.0 Å². The molecule has 0 amide bonds. The Morgan fingerprint density at radius 2 is 2.11 bits per heavy atom. The predicted molar refractivity (Wildman–Crippen MR) is 68.6 cm³/mol. The molecule has 0 spiro atoms. The molecule has 1 heterocycles. The average molecular weight is 238 g/mol. The van der Waals surface area contributed by atoms with E-state index in [0.717, 1.165) is 22.5 Å². The first-order valence-electron chi connectivity index (χ1n) is 5.85. The van der Waals surface area contributed by atoms with Crippen molar-refractivity contribution in [3.05, 3.63) is 59.3 Å². The predicted octanol–water partition coefficient (Wildman–Crippen LogP) is 1.48. The number of carbonyl (C=O) groups is 1.